The van der Waals surface area contributed by atoms with Crippen molar-refractivity contribution in [1.82, 2.24) is 19.5 Å². The van der Waals surface area contributed by atoms with Gasteiger partial charge in [0.25, 0.3) is 0 Å². The van der Waals surface area contributed by atoms with Gasteiger partial charge in [0.2, 0.25) is 11.8 Å². The van der Waals surface area contributed by atoms with Crippen LogP contribution in [0.4, 0.5) is 17.5 Å². The molecule has 0 spiro atoms. The number of azo groups is 1. The minimum Gasteiger partial charge on any atom is -0.507 e. The van der Waals surface area contributed by atoms with Crippen LogP contribution in [0.5, 0.6) is 11.8 Å². The van der Waals surface area contributed by atoms with E-state index in [1.807, 2.05) is 30.3 Å². The fourth-order valence-corrected chi connectivity index (χ4v) is 3.12. The number of imidazole rings is 1. The summed E-state index contributed by atoms with van der Waals surface area (Å²) in [5.41, 5.74) is 7.76. The highest BCUT2D eigenvalue weighted by Crippen LogP contribution is 2.30. The number of nitrogens with zero attached hydrogens (tertiary/aromatic N) is 6. The highest BCUT2D eigenvalue weighted by atomic mass is 16.5. The number of carboxylic acids is 1. The summed E-state index contributed by atoms with van der Waals surface area (Å²) in [6.45, 7) is 0.949. The highest BCUT2D eigenvalue weighted by Gasteiger charge is 2.18. The Morgan fingerprint density at radius 2 is 1.88 bits per heavy atom. The zero-order valence-electron chi connectivity index (χ0n) is 18.1. The Hall–Kier alpha value is -4.58. The second-order valence-electron chi connectivity index (χ2n) is 7.09. The number of aromatic carboxylic acids is 1. The van der Waals surface area contributed by atoms with Gasteiger partial charge in [-0.05, 0) is 23.8 Å². The van der Waals surface area contributed by atoms with Gasteiger partial charge >= 0.3 is 12.0 Å². The largest absolute Gasteiger partial charge is 0.507 e. The summed E-state index contributed by atoms with van der Waals surface area (Å²) in [5.74, 6) is -1.38. The van der Waals surface area contributed by atoms with Gasteiger partial charge < -0.3 is 25.4 Å². The summed E-state index contributed by atoms with van der Waals surface area (Å²) in [6, 6.07) is 13.5. The van der Waals surface area contributed by atoms with Gasteiger partial charge in [-0.2, -0.15) is 9.97 Å². The van der Waals surface area contributed by atoms with Crippen molar-refractivity contribution in [3.05, 3.63) is 59.7 Å². The predicted molar refractivity (Wildman–Crippen MR) is 122 cm³/mol. The molecule has 0 aliphatic carbocycles. The number of hydrogen-bond acceptors (Lipinski definition) is 10. The third-order valence-electron chi connectivity index (χ3n) is 4.76. The van der Waals surface area contributed by atoms with E-state index in [1.54, 1.807) is 11.7 Å². The minimum absolute atomic E-state index is 0.0321. The maximum atomic E-state index is 11.3. The number of methoxy groups -OCH3 is 1. The van der Waals surface area contributed by atoms with Crippen molar-refractivity contribution >= 4 is 34.6 Å². The fourth-order valence-electron chi connectivity index (χ4n) is 3.12. The molecule has 0 saturated carbocycles. The smallest absolute Gasteiger partial charge is 0.339 e. The van der Waals surface area contributed by atoms with Crippen molar-refractivity contribution in [3.8, 4) is 11.8 Å². The highest BCUT2D eigenvalue weighted by molar-refractivity contribution is 5.91. The quantitative estimate of drug-likeness (QED) is 0.249. The van der Waals surface area contributed by atoms with E-state index in [2.05, 4.69) is 25.2 Å². The molecule has 2 aromatic heterocycles. The number of phenols is 1. The van der Waals surface area contributed by atoms with Crippen LogP contribution in [-0.4, -0.2) is 56.0 Å². The molecule has 12 nitrogen and oxygen atoms in total. The monoisotopic (exact) mass is 463 g/mol. The first-order chi connectivity index (χ1) is 16.5. The first-order valence-electron chi connectivity index (χ1n) is 10.1. The number of benzene rings is 2. The summed E-state index contributed by atoms with van der Waals surface area (Å²) in [5, 5.41) is 27.1. The lowest BCUT2D eigenvalue weighted by Crippen LogP contribution is -2.08. The third kappa shape index (κ3) is 4.91. The zero-order chi connectivity index (χ0) is 24.1. The molecule has 174 valence electrons. The van der Waals surface area contributed by atoms with E-state index >= 15 is 0 Å². The second-order valence-corrected chi connectivity index (χ2v) is 7.09. The molecule has 4 rings (SSSR count). The molecule has 0 bridgehead atoms. The molecule has 2 aromatic carbocycles. The number of hydrogen-bond donors (Lipinski definition) is 3. The van der Waals surface area contributed by atoms with Gasteiger partial charge in [-0.1, -0.05) is 30.3 Å². The Balaban J connectivity index is 1.77. The lowest BCUT2D eigenvalue weighted by Gasteiger charge is -2.08. The van der Waals surface area contributed by atoms with E-state index in [1.165, 1.54) is 18.2 Å². The number of anilines is 1. The average Bonchev–Trinajstić information content (AvgIpc) is 3.14. The first-order valence-corrected chi connectivity index (χ1v) is 10.1. The molecule has 0 aliphatic heterocycles. The first kappa shape index (κ1) is 22.6. The lowest BCUT2D eigenvalue weighted by atomic mass is 10.2. The summed E-state index contributed by atoms with van der Waals surface area (Å²) < 4.78 is 12.3. The lowest BCUT2D eigenvalue weighted by molar-refractivity contribution is 0.0693. The van der Waals surface area contributed by atoms with Crippen molar-refractivity contribution in [1.29, 1.82) is 0 Å². The molecular weight excluding hydrogens is 442 g/mol. The van der Waals surface area contributed by atoms with Gasteiger partial charge in [0.05, 0.1) is 18.8 Å². The summed E-state index contributed by atoms with van der Waals surface area (Å²) >= 11 is 0. The van der Waals surface area contributed by atoms with Crippen LogP contribution in [0.3, 0.4) is 0 Å². The minimum atomic E-state index is -1.29. The van der Waals surface area contributed by atoms with Crippen LogP contribution in [0.1, 0.15) is 15.9 Å². The molecule has 4 aromatic rings. The molecule has 0 saturated heterocycles. The Kier molecular flexibility index (Phi) is 6.59. The van der Waals surface area contributed by atoms with Gasteiger partial charge in [-0.25, -0.2) is 9.78 Å². The number of carboxylic acid groups (broad SMARTS) is 1. The second kappa shape index (κ2) is 9.92. The number of rotatable bonds is 9. The van der Waals surface area contributed by atoms with Crippen LogP contribution in [0.2, 0.25) is 0 Å². The molecule has 0 fully saturated rings. The van der Waals surface area contributed by atoms with Crippen LogP contribution in [-0.2, 0) is 11.3 Å². The molecule has 0 amide bonds. The Labute approximate surface area is 193 Å². The zero-order valence-corrected chi connectivity index (χ0v) is 18.1. The Morgan fingerprint density at radius 1 is 1.09 bits per heavy atom. The predicted octanol–water partition coefficient (Wildman–Crippen LogP) is 3.30. The molecule has 0 radical (unpaired) electrons. The van der Waals surface area contributed by atoms with E-state index in [9.17, 15) is 15.0 Å². The standard InChI is InChI=1S/C22H21N7O5/c1-33-9-10-34-22-25-18(28-27-14-7-8-16(30)15(11-14)20(31)32)17-19(26-22)29(21(23)24-17)12-13-5-3-2-4-6-13/h2-8,11,30H,9-10,12H2,1H3,(H2,23,24)(H,31,32)/b28-27-. The maximum absolute atomic E-state index is 11.3. The molecule has 12 heteroatoms. The van der Waals surface area contributed by atoms with Crippen LogP contribution in [0.15, 0.2) is 58.8 Å². The number of aromatic nitrogens is 4. The van der Waals surface area contributed by atoms with Crippen LogP contribution >= 0.6 is 0 Å². The van der Waals surface area contributed by atoms with Crippen molar-refractivity contribution in [2.24, 2.45) is 10.2 Å². The van der Waals surface area contributed by atoms with Crippen LogP contribution in [0.25, 0.3) is 11.2 Å². The van der Waals surface area contributed by atoms with Gasteiger partial charge in [-0.15, -0.1) is 10.2 Å². The molecule has 34 heavy (non-hydrogen) atoms. The van der Waals surface area contributed by atoms with Gasteiger partial charge in [0, 0.05) is 7.11 Å². The number of carbonyl (C=O) groups is 1. The number of nitrogens with two attached hydrogens (primary N) is 1. The molecule has 0 aliphatic rings. The molecule has 4 N–H and O–H groups in total. The number of fused-ring (bicyclic) bond motifs is 1. The maximum Gasteiger partial charge on any atom is 0.339 e. The van der Waals surface area contributed by atoms with Gasteiger partial charge in [-0.3, -0.25) is 4.57 Å². The molecule has 0 atom stereocenters. The van der Waals surface area contributed by atoms with E-state index in [0.29, 0.717) is 24.3 Å². The molecule has 0 unspecified atom stereocenters. The number of nitrogen functional groups attached to an aromatic ring is 1. The van der Waals surface area contributed by atoms with Crippen LogP contribution < -0.4 is 10.5 Å². The number of ether oxygens (including phenoxy) is 2. The van der Waals surface area contributed by atoms with E-state index < -0.39 is 5.97 Å². The summed E-state index contributed by atoms with van der Waals surface area (Å²) in [7, 11) is 1.55. The van der Waals surface area contributed by atoms with Crippen molar-refractivity contribution in [2.75, 3.05) is 26.1 Å². The normalized spacial score (nSPS) is 11.3. The summed E-state index contributed by atoms with van der Waals surface area (Å²) in [6.07, 6.45) is 0. The van der Waals surface area contributed by atoms with Gasteiger partial charge in [0.15, 0.2) is 11.2 Å². The Morgan fingerprint density at radius 3 is 2.62 bits per heavy atom. The topological polar surface area (TPSA) is 170 Å². The Bertz CT molecular complexity index is 1360. The van der Waals surface area contributed by atoms with Crippen molar-refractivity contribution in [3.63, 3.8) is 0 Å². The van der Waals surface area contributed by atoms with Crippen molar-refractivity contribution in [2.45, 2.75) is 6.54 Å². The summed E-state index contributed by atoms with van der Waals surface area (Å²) in [4.78, 5) is 24.4. The molecular formula is C22H21N7O5. The average molecular weight is 463 g/mol. The van der Waals surface area contributed by atoms with Crippen LogP contribution in [0, 0.1) is 0 Å². The van der Waals surface area contributed by atoms with E-state index in [4.69, 9.17) is 15.2 Å². The van der Waals surface area contributed by atoms with E-state index in [0.717, 1.165) is 5.56 Å². The molecule has 2 heterocycles. The van der Waals surface area contributed by atoms with E-state index in [-0.39, 0.29) is 41.4 Å². The van der Waals surface area contributed by atoms with Crippen molar-refractivity contribution < 1.29 is 24.5 Å². The number of aromatic hydroxyl groups is 1. The third-order valence-corrected chi connectivity index (χ3v) is 4.76. The fraction of sp³-hybridized carbons (Fsp3) is 0.182. The SMILES string of the molecule is COCCOc1nc(/N=N\c2ccc(O)c(C(=O)O)c2)c2nc(N)n(Cc3ccccc3)c2n1. The van der Waals surface area contributed by atoms with Gasteiger partial charge in [0.1, 0.15) is 17.9 Å².